The summed E-state index contributed by atoms with van der Waals surface area (Å²) in [5.74, 6) is 0.913. The molecule has 6 nitrogen and oxygen atoms in total. The van der Waals surface area contributed by atoms with E-state index >= 15 is 0 Å². The number of carbonyl (C=O) groups is 1. The van der Waals surface area contributed by atoms with Crippen LogP contribution in [0.15, 0.2) is 59.5 Å². The van der Waals surface area contributed by atoms with E-state index in [4.69, 9.17) is 9.40 Å². The highest BCUT2D eigenvalue weighted by Crippen LogP contribution is 2.32. The summed E-state index contributed by atoms with van der Waals surface area (Å²) in [6, 6.07) is 11.8. The summed E-state index contributed by atoms with van der Waals surface area (Å²) in [6.07, 6.45) is 6.00. The molecule has 146 valence electrons. The van der Waals surface area contributed by atoms with E-state index in [1.54, 1.807) is 18.7 Å². The molecule has 1 aromatic carbocycles. The van der Waals surface area contributed by atoms with Crippen LogP contribution >= 0.6 is 0 Å². The predicted octanol–water partition coefficient (Wildman–Crippen LogP) is 4.40. The molecule has 6 heteroatoms. The van der Waals surface area contributed by atoms with Gasteiger partial charge in [-0.25, -0.2) is 9.97 Å². The van der Waals surface area contributed by atoms with Crippen LogP contribution in [0.3, 0.4) is 0 Å². The molecule has 4 aromatic rings. The monoisotopic (exact) mass is 386 g/mol. The predicted molar refractivity (Wildman–Crippen MR) is 111 cm³/mol. The van der Waals surface area contributed by atoms with Gasteiger partial charge < -0.3 is 13.9 Å². The Labute approximate surface area is 168 Å². The fourth-order valence-electron chi connectivity index (χ4n) is 4.06. The molecule has 29 heavy (non-hydrogen) atoms. The minimum absolute atomic E-state index is 0.0813. The molecule has 0 aliphatic carbocycles. The maximum atomic E-state index is 13.1. The minimum Gasteiger partial charge on any atom is -0.472 e. The summed E-state index contributed by atoms with van der Waals surface area (Å²) in [4.78, 5) is 24.4. The van der Waals surface area contributed by atoms with Crippen LogP contribution in [0.1, 0.15) is 33.9 Å². The van der Waals surface area contributed by atoms with E-state index in [9.17, 15) is 4.79 Å². The highest BCUT2D eigenvalue weighted by Gasteiger charge is 2.31. The first kappa shape index (κ1) is 17.7. The molecular weight excluding hydrogens is 364 g/mol. The summed E-state index contributed by atoms with van der Waals surface area (Å²) in [7, 11) is 0. The number of nitrogens with zero attached hydrogens (tertiary/aromatic N) is 4. The van der Waals surface area contributed by atoms with Crippen molar-refractivity contribution in [3.63, 3.8) is 0 Å². The highest BCUT2D eigenvalue weighted by atomic mass is 16.3. The molecule has 1 atom stereocenters. The molecule has 1 aliphatic rings. The molecule has 3 aromatic heterocycles. The van der Waals surface area contributed by atoms with Crippen LogP contribution in [0.25, 0.3) is 22.6 Å². The van der Waals surface area contributed by atoms with Crippen molar-refractivity contribution in [1.29, 1.82) is 0 Å². The summed E-state index contributed by atoms with van der Waals surface area (Å²) >= 11 is 0. The molecule has 4 heterocycles. The Morgan fingerprint density at radius 1 is 1.17 bits per heavy atom. The lowest BCUT2D eigenvalue weighted by molar-refractivity contribution is 0.0788. The van der Waals surface area contributed by atoms with Crippen molar-refractivity contribution in [3.05, 3.63) is 71.8 Å². The number of pyridine rings is 1. The number of benzene rings is 1. The second kappa shape index (κ2) is 6.88. The molecular formula is C23H22N4O2. The second-order valence-electron chi connectivity index (χ2n) is 7.66. The molecule has 0 radical (unpaired) electrons. The van der Waals surface area contributed by atoms with Crippen molar-refractivity contribution < 1.29 is 9.21 Å². The molecule has 1 aliphatic heterocycles. The third-order valence-electron chi connectivity index (χ3n) is 5.80. The molecule has 0 bridgehead atoms. The zero-order valence-corrected chi connectivity index (χ0v) is 16.5. The fourth-order valence-corrected chi connectivity index (χ4v) is 4.06. The van der Waals surface area contributed by atoms with Gasteiger partial charge in [-0.1, -0.05) is 6.07 Å². The van der Waals surface area contributed by atoms with Crippen LogP contribution < -0.4 is 0 Å². The van der Waals surface area contributed by atoms with Gasteiger partial charge in [-0.3, -0.25) is 4.79 Å². The van der Waals surface area contributed by atoms with Crippen molar-refractivity contribution in [2.45, 2.75) is 26.3 Å². The number of fused-ring (bicyclic) bond motifs is 1. The first-order valence-corrected chi connectivity index (χ1v) is 9.84. The second-order valence-corrected chi connectivity index (χ2v) is 7.66. The smallest absolute Gasteiger partial charge is 0.253 e. The maximum Gasteiger partial charge on any atom is 0.253 e. The van der Waals surface area contributed by atoms with Gasteiger partial charge in [0.25, 0.3) is 5.91 Å². The van der Waals surface area contributed by atoms with Gasteiger partial charge in [0.1, 0.15) is 17.6 Å². The lowest BCUT2D eigenvalue weighted by Crippen LogP contribution is -2.29. The third-order valence-corrected chi connectivity index (χ3v) is 5.80. The fraction of sp³-hybridized carbons (Fsp3) is 0.261. The van der Waals surface area contributed by atoms with Crippen molar-refractivity contribution >= 4 is 17.1 Å². The van der Waals surface area contributed by atoms with Crippen LogP contribution in [-0.4, -0.2) is 38.4 Å². The number of furan rings is 1. The van der Waals surface area contributed by atoms with E-state index in [2.05, 4.69) is 16.5 Å². The average Bonchev–Trinajstić information content (AvgIpc) is 3.47. The standard InChI is InChI=1S/C23H22N4O2/c1-15-5-6-17(12-16(15)2)23(28)26-10-7-19(13-26)27-21(18-8-11-29-14-18)25-20-4-3-9-24-22(20)27/h3-6,8-9,11-12,14,19H,7,10,13H2,1-2H3. The SMILES string of the molecule is Cc1ccc(C(=O)N2CCC(n3c(-c4ccoc4)nc4cccnc43)C2)cc1C. The van der Waals surface area contributed by atoms with Crippen LogP contribution in [0.5, 0.6) is 0 Å². The molecule has 0 N–H and O–H groups in total. The van der Waals surface area contributed by atoms with E-state index in [0.717, 1.165) is 40.1 Å². The minimum atomic E-state index is 0.0813. The number of aromatic nitrogens is 3. The lowest BCUT2D eigenvalue weighted by atomic mass is 10.1. The van der Waals surface area contributed by atoms with Gasteiger partial charge in [0.05, 0.1) is 17.9 Å². The Balaban J connectivity index is 1.48. The topological polar surface area (TPSA) is 64.2 Å². The van der Waals surface area contributed by atoms with Crippen LogP contribution in [0.2, 0.25) is 0 Å². The summed E-state index contributed by atoms with van der Waals surface area (Å²) in [6.45, 7) is 5.45. The largest absolute Gasteiger partial charge is 0.472 e. The van der Waals surface area contributed by atoms with Gasteiger partial charge in [-0.05, 0) is 61.7 Å². The Morgan fingerprint density at radius 2 is 2.07 bits per heavy atom. The number of carbonyl (C=O) groups excluding carboxylic acids is 1. The summed E-state index contributed by atoms with van der Waals surface area (Å²) < 4.78 is 7.44. The van der Waals surface area contributed by atoms with Gasteiger partial charge in [0, 0.05) is 24.8 Å². The number of rotatable bonds is 3. The molecule has 1 fully saturated rings. The van der Waals surface area contributed by atoms with Crippen LogP contribution in [-0.2, 0) is 0 Å². The number of hydrogen-bond donors (Lipinski definition) is 0. The van der Waals surface area contributed by atoms with Gasteiger partial charge in [0.2, 0.25) is 0 Å². The van der Waals surface area contributed by atoms with Crippen LogP contribution in [0.4, 0.5) is 0 Å². The summed E-state index contributed by atoms with van der Waals surface area (Å²) in [5, 5.41) is 0. The van der Waals surface area contributed by atoms with Crippen LogP contribution in [0, 0.1) is 13.8 Å². The van der Waals surface area contributed by atoms with Gasteiger partial charge in [-0.2, -0.15) is 0 Å². The number of amides is 1. The first-order chi connectivity index (χ1) is 14.1. The Bertz CT molecular complexity index is 1190. The molecule has 1 amide bonds. The Kier molecular flexibility index (Phi) is 4.19. The van der Waals surface area contributed by atoms with Crippen molar-refractivity contribution in [3.8, 4) is 11.4 Å². The zero-order chi connectivity index (χ0) is 20.0. The molecule has 0 spiro atoms. The Hall–Kier alpha value is -3.41. The van der Waals surface area contributed by atoms with Gasteiger partial charge in [-0.15, -0.1) is 0 Å². The van der Waals surface area contributed by atoms with Crippen molar-refractivity contribution in [1.82, 2.24) is 19.4 Å². The van der Waals surface area contributed by atoms with E-state index in [-0.39, 0.29) is 11.9 Å². The zero-order valence-electron chi connectivity index (χ0n) is 16.5. The molecule has 1 saturated heterocycles. The quantitative estimate of drug-likeness (QED) is 0.524. The average molecular weight is 386 g/mol. The molecule has 1 unspecified atom stereocenters. The summed E-state index contributed by atoms with van der Waals surface area (Å²) in [5.41, 5.74) is 5.69. The molecule has 5 rings (SSSR count). The van der Waals surface area contributed by atoms with E-state index in [1.807, 2.05) is 48.2 Å². The number of hydrogen-bond acceptors (Lipinski definition) is 4. The molecule has 0 saturated carbocycles. The number of likely N-dealkylation sites (tertiary alicyclic amines) is 1. The number of imidazole rings is 1. The van der Waals surface area contributed by atoms with Crippen molar-refractivity contribution in [2.24, 2.45) is 0 Å². The van der Waals surface area contributed by atoms with E-state index < -0.39 is 0 Å². The van der Waals surface area contributed by atoms with Crippen molar-refractivity contribution in [2.75, 3.05) is 13.1 Å². The van der Waals surface area contributed by atoms with Gasteiger partial charge in [0.15, 0.2) is 5.65 Å². The third kappa shape index (κ3) is 3.01. The highest BCUT2D eigenvalue weighted by molar-refractivity contribution is 5.94. The number of aryl methyl sites for hydroxylation is 2. The van der Waals surface area contributed by atoms with E-state index in [1.165, 1.54) is 5.56 Å². The van der Waals surface area contributed by atoms with Gasteiger partial charge >= 0.3 is 0 Å². The normalized spacial score (nSPS) is 16.6. The first-order valence-electron chi connectivity index (χ1n) is 9.84. The Morgan fingerprint density at radius 3 is 2.86 bits per heavy atom. The van der Waals surface area contributed by atoms with E-state index in [0.29, 0.717) is 13.1 Å². The maximum absolute atomic E-state index is 13.1. The lowest BCUT2D eigenvalue weighted by Gasteiger charge is -2.19.